The van der Waals surface area contributed by atoms with Crippen LogP contribution in [0.5, 0.6) is 0 Å². The smallest absolute Gasteiger partial charge is 0.223 e. The van der Waals surface area contributed by atoms with E-state index in [0.29, 0.717) is 6.54 Å². The van der Waals surface area contributed by atoms with Crippen LogP contribution in [-0.4, -0.2) is 12.5 Å². The molecule has 1 amide bonds. The summed E-state index contributed by atoms with van der Waals surface area (Å²) in [4.78, 5) is 11.3. The van der Waals surface area contributed by atoms with Crippen molar-refractivity contribution in [3.63, 3.8) is 0 Å². The van der Waals surface area contributed by atoms with Gasteiger partial charge in [0, 0.05) is 12.5 Å². The van der Waals surface area contributed by atoms with Crippen LogP contribution in [0.4, 0.5) is 4.39 Å². The quantitative estimate of drug-likeness (QED) is 0.759. The van der Waals surface area contributed by atoms with E-state index in [-0.39, 0.29) is 17.6 Å². The van der Waals surface area contributed by atoms with E-state index in [2.05, 4.69) is 5.32 Å². The first-order chi connectivity index (χ1) is 7.75. The van der Waals surface area contributed by atoms with Gasteiger partial charge in [-0.3, -0.25) is 4.79 Å². The highest BCUT2D eigenvalue weighted by molar-refractivity contribution is 5.80. The Bertz CT molecular complexity index is 357. The average Bonchev–Trinajstić information content (AvgIpc) is 3.10. The second-order valence-electron chi connectivity index (χ2n) is 4.30. The van der Waals surface area contributed by atoms with Gasteiger partial charge in [0.25, 0.3) is 0 Å². The number of nitrogens with one attached hydrogen (secondary N) is 1. The molecule has 86 valence electrons. The summed E-state index contributed by atoms with van der Waals surface area (Å²) in [6.07, 6.45) is 3.88. The van der Waals surface area contributed by atoms with Gasteiger partial charge >= 0.3 is 0 Å². The van der Waals surface area contributed by atoms with Crippen molar-refractivity contribution in [2.45, 2.75) is 25.7 Å². The van der Waals surface area contributed by atoms with Crippen LogP contribution in [0.15, 0.2) is 24.3 Å². The van der Waals surface area contributed by atoms with E-state index in [9.17, 15) is 9.18 Å². The highest BCUT2D eigenvalue weighted by Crippen LogP contribution is 2.28. The molecular formula is C13H16FNO. The second-order valence-corrected chi connectivity index (χ2v) is 4.30. The van der Waals surface area contributed by atoms with Crippen LogP contribution < -0.4 is 5.32 Å². The van der Waals surface area contributed by atoms with Crippen molar-refractivity contribution in [3.05, 3.63) is 35.6 Å². The molecule has 16 heavy (non-hydrogen) atoms. The van der Waals surface area contributed by atoms with E-state index < -0.39 is 0 Å². The van der Waals surface area contributed by atoms with Gasteiger partial charge in [0.05, 0.1) is 0 Å². The van der Waals surface area contributed by atoms with Crippen LogP contribution >= 0.6 is 0 Å². The number of carbonyl (C=O) groups is 1. The number of aryl methyl sites for hydroxylation is 1. The van der Waals surface area contributed by atoms with Gasteiger partial charge in [-0.05, 0) is 43.4 Å². The van der Waals surface area contributed by atoms with Gasteiger partial charge in [-0.1, -0.05) is 12.1 Å². The lowest BCUT2D eigenvalue weighted by atomic mass is 10.1. The standard InChI is InChI=1S/C13H16FNO/c14-12-7-3-10(4-8-12)2-1-9-15-13(16)11-5-6-11/h3-4,7-8,11H,1-2,5-6,9H2,(H,15,16). The molecule has 2 nitrogen and oxygen atoms in total. The third-order valence-corrected chi connectivity index (χ3v) is 2.80. The Morgan fingerprint density at radius 1 is 1.31 bits per heavy atom. The largest absolute Gasteiger partial charge is 0.356 e. The Morgan fingerprint density at radius 2 is 2.00 bits per heavy atom. The van der Waals surface area contributed by atoms with E-state index in [4.69, 9.17) is 0 Å². The maximum Gasteiger partial charge on any atom is 0.223 e. The Kier molecular flexibility index (Phi) is 3.54. The lowest BCUT2D eigenvalue weighted by Crippen LogP contribution is -2.26. The molecule has 1 aliphatic carbocycles. The van der Waals surface area contributed by atoms with Crippen LogP contribution in [0, 0.1) is 11.7 Å². The summed E-state index contributed by atoms with van der Waals surface area (Å²) in [6.45, 7) is 0.715. The Morgan fingerprint density at radius 3 is 2.62 bits per heavy atom. The predicted octanol–water partition coefficient (Wildman–Crippen LogP) is 2.28. The number of hydrogen-bond donors (Lipinski definition) is 1. The van der Waals surface area contributed by atoms with E-state index >= 15 is 0 Å². The molecule has 1 fully saturated rings. The molecule has 0 bridgehead atoms. The minimum atomic E-state index is -0.203. The van der Waals surface area contributed by atoms with Gasteiger partial charge in [0.15, 0.2) is 0 Å². The summed E-state index contributed by atoms with van der Waals surface area (Å²) in [5.74, 6) is 0.274. The molecule has 1 saturated carbocycles. The Labute approximate surface area is 94.9 Å². The highest BCUT2D eigenvalue weighted by atomic mass is 19.1. The summed E-state index contributed by atoms with van der Waals surface area (Å²) < 4.78 is 12.6. The number of carbonyl (C=O) groups excluding carboxylic acids is 1. The van der Waals surface area contributed by atoms with Gasteiger partial charge in [0.1, 0.15) is 5.82 Å². The molecule has 0 atom stereocenters. The maximum absolute atomic E-state index is 12.6. The number of benzene rings is 1. The van der Waals surface area contributed by atoms with Gasteiger partial charge in [-0.2, -0.15) is 0 Å². The number of hydrogen-bond acceptors (Lipinski definition) is 1. The van der Waals surface area contributed by atoms with Gasteiger partial charge in [-0.25, -0.2) is 4.39 Å². The minimum absolute atomic E-state index is 0.194. The van der Waals surface area contributed by atoms with Crippen molar-refractivity contribution in [2.24, 2.45) is 5.92 Å². The summed E-state index contributed by atoms with van der Waals surface area (Å²) in [6, 6.07) is 6.52. The van der Waals surface area contributed by atoms with Crippen LogP contribution in [0.25, 0.3) is 0 Å². The zero-order valence-electron chi connectivity index (χ0n) is 9.21. The third-order valence-electron chi connectivity index (χ3n) is 2.80. The van der Waals surface area contributed by atoms with Crippen molar-refractivity contribution >= 4 is 5.91 Å². The molecule has 0 unspecified atom stereocenters. The van der Waals surface area contributed by atoms with Gasteiger partial charge < -0.3 is 5.32 Å². The third kappa shape index (κ3) is 3.33. The van der Waals surface area contributed by atoms with Crippen LogP contribution in [0.3, 0.4) is 0 Å². The topological polar surface area (TPSA) is 29.1 Å². The van der Waals surface area contributed by atoms with Crippen LogP contribution in [0.2, 0.25) is 0 Å². The van der Waals surface area contributed by atoms with Crippen molar-refractivity contribution < 1.29 is 9.18 Å². The summed E-state index contributed by atoms with van der Waals surface area (Å²) >= 11 is 0. The molecule has 2 rings (SSSR count). The molecule has 0 spiro atoms. The molecule has 3 heteroatoms. The SMILES string of the molecule is O=C(NCCCc1ccc(F)cc1)C1CC1. The zero-order valence-corrected chi connectivity index (χ0v) is 9.21. The van der Waals surface area contributed by atoms with Crippen LogP contribution in [-0.2, 0) is 11.2 Å². The van der Waals surface area contributed by atoms with Gasteiger partial charge in [0.2, 0.25) is 5.91 Å². The fourth-order valence-electron chi connectivity index (χ4n) is 1.65. The van der Waals surface area contributed by atoms with E-state index in [0.717, 1.165) is 31.2 Å². The monoisotopic (exact) mass is 221 g/mol. The summed E-state index contributed by atoms with van der Waals surface area (Å²) in [5, 5.41) is 2.91. The van der Waals surface area contributed by atoms with Crippen molar-refractivity contribution in [1.82, 2.24) is 5.32 Å². The average molecular weight is 221 g/mol. The number of rotatable bonds is 5. The predicted molar refractivity (Wildman–Crippen MR) is 60.5 cm³/mol. The van der Waals surface area contributed by atoms with E-state index in [1.165, 1.54) is 12.1 Å². The van der Waals surface area contributed by atoms with Crippen molar-refractivity contribution in [3.8, 4) is 0 Å². The molecule has 1 N–H and O–H groups in total. The highest BCUT2D eigenvalue weighted by Gasteiger charge is 2.28. The molecule has 1 aliphatic rings. The minimum Gasteiger partial charge on any atom is -0.356 e. The zero-order chi connectivity index (χ0) is 11.4. The fourth-order valence-corrected chi connectivity index (χ4v) is 1.65. The number of amides is 1. The van der Waals surface area contributed by atoms with E-state index in [1.54, 1.807) is 12.1 Å². The molecular weight excluding hydrogens is 205 g/mol. The van der Waals surface area contributed by atoms with Gasteiger partial charge in [-0.15, -0.1) is 0 Å². The van der Waals surface area contributed by atoms with Crippen molar-refractivity contribution in [1.29, 1.82) is 0 Å². The summed E-state index contributed by atoms with van der Waals surface area (Å²) in [5.41, 5.74) is 1.11. The second kappa shape index (κ2) is 5.10. The molecule has 0 aromatic heterocycles. The number of halogens is 1. The fraction of sp³-hybridized carbons (Fsp3) is 0.462. The molecule has 0 saturated heterocycles. The molecule has 1 aromatic rings. The van der Waals surface area contributed by atoms with Crippen molar-refractivity contribution in [2.75, 3.05) is 6.54 Å². The lowest BCUT2D eigenvalue weighted by molar-refractivity contribution is -0.122. The van der Waals surface area contributed by atoms with Crippen LogP contribution in [0.1, 0.15) is 24.8 Å². The molecule has 0 aliphatic heterocycles. The first-order valence-electron chi connectivity index (χ1n) is 5.78. The molecule has 1 aromatic carbocycles. The Hall–Kier alpha value is -1.38. The summed E-state index contributed by atoms with van der Waals surface area (Å²) in [7, 11) is 0. The van der Waals surface area contributed by atoms with E-state index in [1.807, 2.05) is 0 Å². The first kappa shape index (κ1) is 11.1. The normalized spacial score (nSPS) is 14.8. The Balaban J connectivity index is 1.63. The molecule has 0 radical (unpaired) electrons. The lowest BCUT2D eigenvalue weighted by Gasteiger charge is -2.04. The maximum atomic E-state index is 12.6. The molecule has 0 heterocycles. The first-order valence-corrected chi connectivity index (χ1v) is 5.78.